The van der Waals surface area contributed by atoms with Gasteiger partial charge in [0, 0.05) is 15.3 Å². The summed E-state index contributed by atoms with van der Waals surface area (Å²) < 4.78 is 0. The lowest BCUT2D eigenvalue weighted by Gasteiger charge is -1.90. The van der Waals surface area contributed by atoms with Gasteiger partial charge in [0.1, 0.15) is 0 Å². The fourth-order valence-corrected chi connectivity index (χ4v) is 2.95. The van der Waals surface area contributed by atoms with Crippen molar-refractivity contribution in [1.82, 2.24) is 0 Å². The SMILES string of the molecule is Cc1sc2c(c1C=O)CCC2. The molecule has 2 rings (SSSR count). The van der Waals surface area contributed by atoms with Crippen LogP contribution in [-0.2, 0) is 12.8 Å². The summed E-state index contributed by atoms with van der Waals surface area (Å²) in [5.74, 6) is 0. The Morgan fingerprint density at radius 2 is 2.27 bits per heavy atom. The van der Waals surface area contributed by atoms with Gasteiger partial charge in [-0.3, -0.25) is 4.79 Å². The predicted molar refractivity (Wildman–Crippen MR) is 46.5 cm³/mol. The first kappa shape index (κ1) is 7.04. The fourth-order valence-electron chi connectivity index (χ4n) is 1.72. The van der Waals surface area contributed by atoms with Gasteiger partial charge in [0.2, 0.25) is 0 Å². The quantitative estimate of drug-likeness (QED) is 0.585. The van der Waals surface area contributed by atoms with Crippen LogP contribution in [0.5, 0.6) is 0 Å². The molecule has 0 aliphatic heterocycles. The molecule has 0 unspecified atom stereocenters. The Hall–Kier alpha value is -0.630. The summed E-state index contributed by atoms with van der Waals surface area (Å²) in [5.41, 5.74) is 2.31. The van der Waals surface area contributed by atoms with Gasteiger partial charge in [-0.15, -0.1) is 11.3 Å². The summed E-state index contributed by atoms with van der Waals surface area (Å²) in [7, 11) is 0. The Bertz CT molecular complexity index is 299. The fraction of sp³-hybridized carbons (Fsp3) is 0.444. The molecule has 0 spiro atoms. The highest BCUT2D eigenvalue weighted by atomic mass is 32.1. The minimum atomic E-state index is 0.975. The first-order chi connectivity index (χ1) is 5.33. The molecule has 0 aromatic carbocycles. The van der Waals surface area contributed by atoms with Gasteiger partial charge in [0.25, 0.3) is 0 Å². The molecule has 1 aliphatic carbocycles. The van der Waals surface area contributed by atoms with Crippen LogP contribution < -0.4 is 0 Å². The second kappa shape index (κ2) is 2.45. The van der Waals surface area contributed by atoms with Crippen molar-refractivity contribution in [1.29, 1.82) is 0 Å². The molecule has 0 fully saturated rings. The van der Waals surface area contributed by atoms with E-state index in [0.29, 0.717) is 0 Å². The van der Waals surface area contributed by atoms with Crippen LogP contribution in [0.25, 0.3) is 0 Å². The molecular weight excluding hydrogens is 156 g/mol. The molecule has 11 heavy (non-hydrogen) atoms. The molecule has 0 saturated heterocycles. The van der Waals surface area contributed by atoms with E-state index in [1.165, 1.54) is 28.2 Å². The molecule has 0 N–H and O–H groups in total. The van der Waals surface area contributed by atoms with Gasteiger partial charge in [0.05, 0.1) is 0 Å². The molecule has 1 aromatic rings. The highest BCUT2D eigenvalue weighted by molar-refractivity contribution is 7.12. The molecule has 1 aromatic heterocycles. The van der Waals surface area contributed by atoms with E-state index in [1.54, 1.807) is 11.3 Å². The van der Waals surface area contributed by atoms with Crippen molar-refractivity contribution in [2.24, 2.45) is 0 Å². The highest BCUT2D eigenvalue weighted by Crippen LogP contribution is 2.33. The third-order valence-electron chi connectivity index (χ3n) is 2.27. The molecule has 1 nitrogen and oxygen atoms in total. The molecule has 2 heteroatoms. The van der Waals surface area contributed by atoms with E-state index >= 15 is 0 Å². The summed E-state index contributed by atoms with van der Waals surface area (Å²) in [4.78, 5) is 13.3. The third-order valence-corrected chi connectivity index (χ3v) is 3.49. The third kappa shape index (κ3) is 0.932. The lowest BCUT2D eigenvalue weighted by atomic mass is 10.1. The molecule has 0 amide bonds. The van der Waals surface area contributed by atoms with Crippen molar-refractivity contribution in [3.05, 3.63) is 20.9 Å². The van der Waals surface area contributed by atoms with Crippen molar-refractivity contribution < 1.29 is 4.79 Å². The number of hydrogen-bond acceptors (Lipinski definition) is 2. The van der Waals surface area contributed by atoms with Gasteiger partial charge in [-0.2, -0.15) is 0 Å². The number of thiophene rings is 1. The summed E-state index contributed by atoms with van der Waals surface area (Å²) >= 11 is 1.80. The maximum atomic E-state index is 10.7. The van der Waals surface area contributed by atoms with E-state index in [9.17, 15) is 4.79 Å². The molecule has 0 radical (unpaired) electrons. The lowest BCUT2D eigenvalue weighted by Crippen LogP contribution is -1.85. The number of rotatable bonds is 1. The second-order valence-corrected chi connectivity index (χ2v) is 4.25. The molecule has 0 bridgehead atoms. The van der Waals surface area contributed by atoms with Crippen LogP contribution in [0.3, 0.4) is 0 Å². The van der Waals surface area contributed by atoms with Crippen LogP contribution in [0.2, 0.25) is 0 Å². The van der Waals surface area contributed by atoms with E-state index in [1.807, 2.05) is 6.92 Å². The number of hydrogen-bond donors (Lipinski definition) is 0. The van der Waals surface area contributed by atoms with Crippen LogP contribution >= 0.6 is 11.3 Å². The van der Waals surface area contributed by atoms with Crippen LogP contribution in [-0.4, -0.2) is 6.29 Å². The summed E-state index contributed by atoms with van der Waals surface area (Å²) in [6, 6.07) is 0. The number of aldehydes is 1. The standard InChI is InChI=1S/C9H10OS/c1-6-8(5-10)7-3-2-4-9(7)11-6/h5H,2-4H2,1H3. The maximum Gasteiger partial charge on any atom is 0.151 e. The molecule has 1 aliphatic rings. The monoisotopic (exact) mass is 166 g/mol. The van der Waals surface area contributed by atoms with Gasteiger partial charge in [-0.25, -0.2) is 0 Å². The summed E-state index contributed by atoms with van der Waals surface area (Å²) in [6.07, 6.45) is 4.56. The zero-order chi connectivity index (χ0) is 7.84. The predicted octanol–water partition coefficient (Wildman–Crippen LogP) is 2.36. The Kier molecular flexibility index (Phi) is 1.57. The van der Waals surface area contributed by atoms with Gasteiger partial charge in [0.15, 0.2) is 6.29 Å². The van der Waals surface area contributed by atoms with Crippen LogP contribution in [0.4, 0.5) is 0 Å². The maximum absolute atomic E-state index is 10.7. The van der Waals surface area contributed by atoms with E-state index in [2.05, 4.69) is 0 Å². The first-order valence-electron chi connectivity index (χ1n) is 3.89. The van der Waals surface area contributed by atoms with Crippen LogP contribution in [0.1, 0.15) is 32.1 Å². The van der Waals surface area contributed by atoms with Gasteiger partial charge < -0.3 is 0 Å². The van der Waals surface area contributed by atoms with Gasteiger partial charge in [-0.1, -0.05) is 0 Å². The molecule has 1 heterocycles. The molecular formula is C9H10OS. The topological polar surface area (TPSA) is 17.1 Å². The average Bonchev–Trinajstić information content (AvgIpc) is 2.46. The van der Waals surface area contributed by atoms with Gasteiger partial charge >= 0.3 is 0 Å². The highest BCUT2D eigenvalue weighted by Gasteiger charge is 2.18. The van der Waals surface area contributed by atoms with E-state index in [0.717, 1.165) is 18.3 Å². The number of aryl methyl sites for hydroxylation is 2. The second-order valence-electron chi connectivity index (χ2n) is 2.95. The minimum Gasteiger partial charge on any atom is -0.298 e. The first-order valence-corrected chi connectivity index (χ1v) is 4.71. The number of fused-ring (bicyclic) bond motifs is 1. The summed E-state index contributed by atoms with van der Waals surface area (Å²) in [6.45, 7) is 2.03. The van der Waals surface area contributed by atoms with E-state index in [-0.39, 0.29) is 0 Å². The van der Waals surface area contributed by atoms with E-state index < -0.39 is 0 Å². The smallest absolute Gasteiger partial charge is 0.151 e. The zero-order valence-corrected chi connectivity index (χ0v) is 7.33. The van der Waals surface area contributed by atoms with Crippen molar-refractivity contribution in [2.45, 2.75) is 26.2 Å². The van der Waals surface area contributed by atoms with Crippen LogP contribution in [0.15, 0.2) is 0 Å². The average molecular weight is 166 g/mol. The van der Waals surface area contributed by atoms with E-state index in [4.69, 9.17) is 0 Å². The Balaban J connectivity index is 2.60. The Morgan fingerprint density at radius 3 is 3.00 bits per heavy atom. The molecule has 0 atom stereocenters. The van der Waals surface area contributed by atoms with Gasteiger partial charge in [-0.05, 0) is 31.7 Å². The number of carbonyl (C=O) groups excluding carboxylic acids is 1. The zero-order valence-electron chi connectivity index (χ0n) is 6.52. The largest absolute Gasteiger partial charge is 0.298 e. The van der Waals surface area contributed by atoms with Crippen LogP contribution in [0, 0.1) is 6.92 Å². The Labute approximate surface area is 70.1 Å². The van der Waals surface area contributed by atoms with Crippen molar-refractivity contribution in [3.63, 3.8) is 0 Å². The summed E-state index contributed by atoms with van der Waals surface area (Å²) in [5, 5.41) is 0. The minimum absolute atomic E-state index is 0.975. The number of carbonyl (C=O) groups is 1. The lowest BCUT2D eigenvalue weighted by molar-refractivity contribution is 0.112. The molecule has 58 valence electrons. The van der Waals surface area contributed by atoms with Crippen molar-refractivity contribution >= 4 is 17.6 Å². The normalized spacial score (nSPS) is 15.0. The van der Waals surface area contributed by atoms with Crippen molar-refractivity contribution in [3.8, 4) is 0 Å². The van der Waals surface area contributed by atoms with Crippen molar-refractivity contribution in [2.75, 3.05) is 0 Å². The Morgan fingerprint density at radius 1 is 1.45 bits per heavy atom. The molecule has 0 saturated carbocycles.